The Bertz CT molecular complexity index is 1050. The van der Waals surface area contributed by atoms with E-state index < -0.39 is 0 Å². The zero-order valence-corrected chi connectivity index (χ0v) is 16.5. The van der Waals surface area contributed by atoms with Gasteiger partial charge in [0.2, 0.25) is 0 Å². The first-order chi connectivity index (χ1) is 13.1. The molecule has 0 spiro atoms. The Hall–Kier alpha value is -2.80. The Morgan fingerprint density at radius 1 is 1.15 bits per heavy atom. The molecule has 0 unspecified atom stereocenters. The van der Waals surface area contributed by atoms with Gasteiger partial charge in [-0.05, 0) is 26.3 Å². The summed E-state index contributed by atoms with van der Waals surface area (Å²) < 4.78 is 2.10. The van der Waals surface area contributed by atoms with Crippen LogP contribution in [0.2, 0.25) is 0 Å². The molecule has 1 aromatic carbocycles. The van der Waals surface area contributed by atoms with Crippen LogP contribution in [0.5, 0.6) is 0 Å². The van der Waals surface area contributed by atoms with E-state index >= 15 is 0 Å². The zero-order chi connectivity index (χ0) is 18.8. The van der Waals surface area contributed by atoms with Crippen molar-refractivity contribution >= 4 is 27.4 Å². The maximum atomic E-state index is 4.68. The number of nitrogens with zero attached hydrogens (tertiary/aromatic N) is 5. The number of rotatable bonds is 6. The maximum Gasteiger partial charge on any atom is 0.139 e. The summed E-state index contributed by atoms with van der Waals surface area (Å²) in [6.07, 6.45) is 2.58. The van der Waals surface area contributed by atoms with Gasteiger partial charge >= 0.3 is 0 Å². The predicted octanol–water partition coefficient (Wildman–Crippen LogP) is 4.49. The normalized spacial score (nSPS) is 11.4. The average Bonchev–Trinajstić information content (AvgIpc) is 3.29. The average molecular weight is 379 g/mol. The van der Waals surface area contributed by atoms with E-state index in [0.29, 0.717) is 6.04 Å². The van der Waals surface area contributed by atoms with Crippen molar-refractivity contribution in [2.24, 2.45) is 0 Å². The molecule has 0 radical (unpaired) electrons. The molecule has 0 aliphatic heterocycles. The van der Waals surface area contributed by atoms with Crippen LogP contribution in [0.3, 0.4) is 0 Å². The summed E-state index contributed by atoms with van der Waals surface area (Å²) in [6.45, 7) is 6.94. The largest absolute Gasteiger partial charge is 0.369 e. The molecule has 0 atom stereocenters. The van der Waals surface area contributed by atoms with E-state index in [9.17, 15) is 0 Å². The molecule has 0 bridgehead atoms. The summed E-state index contributed by atoms with van der Waals surface area (Å²) in [5, 5.41) is 15.0. The second kappa shape index (κ2) is 7.44. The second-order valence-electron chi connectivity index (χ2n) is 6.74. The Kier molecular flexibility index (Phi) is 4.85. The highest BCUT2D eigenvalue weighted by molar-refractivity contribution is 7.17. The van der Waals surface area contributed by atoms with E-state index in [1.807, 2.05) is 13.0 Å². The quantitative estimate of drug-likeness (QED) is 0.535. The fraction of sp³-hybridized carbons (Fsp3) is 0.300. The van der Waals surface area contributed by atoms with E-state index in [1.165, 1.54) is 11.1 Å². The summed E-state index contributed by atoms with van der Waals surface area (Å²) in [5.74, 6) is 2.64. The lowest BCUT2D eigenvalue weighted by Gasteiger charge is -2.12. The molecule has 138 valence electrons. The molecule has 3 aromatic heterocycles. The van der Waals surface area contributed by atoms with Gasteiger partial charge in [-0.15, -0.1) is 21.5 Å². The molecule has 0 aliphatic carbocycles. The first kappa shape index (κ1) is 17.6. The number of fused-ring (bicyclic) bond motifs is 1. The monoisotopic (exact) mass is 378 g/mol. The molecule has 3 heterocycles. The molecule has 4 aromatic rings. The number of hydrogen-bond donors (Lipinski definition) is 1. The molecular weight excluding hydrogens is 356 g/mol. The van der Waals surface area contributed by atoms with Crippen LogP contribution in [0, 0.1) is 6.92 Å². The topological polar surface area (TPSA) is 68.5 Å². The van der Waals surface area contributed by atoms with E-state index in [-0.39, 0.29) is 0 Å². The van der Waals surface area contributed by atoms with Gasteiger partial charge in [-0.3, -0.25) is 0 Å². The third-order valence-electron chi connectivity index (χ3n) is 4.47. The lowest BCUT2D eigenvalue weighted by Crippen LogP contribution is -2.12. The molecule has 1 N–H and O–H groups in total. The van der Waals surface area contributed by atoms with Crippen molar-refractivity contribution in [3.05, 3.63) is 53.7 Å². The maximum absolute atomic E-state index is 4.68. The third kappa shape index (κ3) is 3.55. The summed E-state index contributed by atoms with van der Waals surface area (Å²) >= 11 is 1.66. The molecule has 27 heavy (non-hydrogen) atoms. The highest BCUT2D eigenvalue weighted by atomic mass is 32.1. The minimum atomic E-state index is 0.351. The molecule has 0 fully saturated rings. The van der Waals surface area contributed by atoms with Gasteiger partial charge in [0.1, 0.15) is 28.6 Å². The Morgan fingerprint density at radius 2 is 1.96 bits per heavy atom. The van der Waals surface area contributed by atoms with Crippen LogP contribution in [0.15, 0.2) is 42.0 Å². The highest BCUT2D eigenvalue weighted by Gasteiger charge is 2.14. The van der Waals surface area contributed by atoms with Crippen LogP contribution in [0.1, 0.15) is 31.5 Å². The van der Waals surface area contributed by atoms with E-state index in [2.05, 4.69) is 73.5 Å². The number of anilines is 1. The summed E-state index contributed by atoms with van der Waals surface area (Å²) in [4.78, 5) is 10.3. The van der Waals surface area contributed by atoms with E-state index in [1.54, 1.807) is 17.7 Å². The van der Waals surface area contributed by atoms with Gasteiger partial charge in [0.05, 0.1) is 5.39 Å². The van der Waals surface area contributed by atoms with Crippen molar-refractivity contribution in [3.8, 4) is 11.1 Å². The fourth-order valence-corrected chi connectivity index (χ4v) is 4.17. The zero-order valence-electron chi connectivity index (χ0n) is 15.7. The van der Waals surface area contributed by atoms with Crippen molar-refractivity contribution in [1.82, 2.24) is 24.7 Å². The fourth-order valence-electron chi connectivity index (χ4n) is 3.18. The van der Waals surface area contributed by atoms with Crippen molar-refractivity contribution in [2.75, 3.05) is 11.9 Å². The first-order valence-electron chi connectivity index (χ1n) is 9.07. The van der Waals surface area contributed by atoms with Gasteiger partial charge < -0.3 is 9.88 Å². The van der Waals surface area contributed by atoms with Gasteiger partial charge in [-0.1, -0.05) is 30.3 Å². The van der Waals surface area contributed by atoms with Crippen LogP contribution < -0.4 is 5.32 Å². The Labute approximate surface area is 162 Å². The number of hydrogen-bond acceptors (Lipinski definition) is 6. The SMILES string of the molecule is Cc1nc(NCCc2nncn2C(C)C)c2c(-c3ccccc3)csc2n1. The molecule has 0 saturated carbocycles. The molecule has 0 amide bonds. The standard InChI is InChI=1S/C20H22N6S/c1-13(2)26-12-22-25-17(26)9-10-21-19-18-16(15-7-5-4-6-8-15)11-27-20(18)24-14(3)23-19/h4-8,11-13H,9-10H2,1-3H3,(H,21,23,24). The molecule has 0 saturated heterocycles. The van der Waals surface area contributed by atoms with Gasteiger partial charge in [-0.2, -0.15) is 0 Å². The van der Waals surface area contributed by atoms with Gasteiger partial charge in [0.25, 0.3) is 0 Å². The number of aromatic nitrogens is 5. The molecule has 7 heteroatoms. The summed E-state index contributed by atoms with van der Waals surface area (Å²) in [5.41, 5.74) is 2.35. The first-order valence-corrected chi connectivity index (χ1v) is 9.95. The molecule has 4 rings (SSSR count). The van der Waals surface area contributed by atoms with Crippen molar-refractivity contribution < 1.29 is 0 Å². The molecule has 0 aliphatic rings. The van der Waals surface area contributed by atoms with E-state index in [4.69, 9.17) is 0 Å². The highest BCUT2D eigenvalue weighted by Crippen LogP contribution is 2.36. The number of nitrogens with one attached hydrogen (secondary N) is 1. The predicted molar refractivity (Wildman–Crippen MR) is 110 cm³/mol. The van der Waals surface area contributed by atoms with Crippen molar-refractivity contribution in [1.29, 1.82) is 0 Å². The minimum Gasteiger partial charge on any atom is -0.369 e. The lowest BCUT2D eigenvalue weighted by atomic mass is 10.1. The van der Waals surface area contributed by atoms with Crippen LogP contribution in [0.4, 0.5) is 5.82 Å². The Morgan fingerprint density at radius 3 is 2.74 bits per heavy atom. The number of benzene rings is 1. The van der Waals surface area contributed by atoms with Crippen molar-refractivity contribution in [3.63, 3.8) is 0 Å². The molecular formula is C20H22N6S. The third-order valence-corrected chi connectivity index (χ3v) is 5.35. The van der Waals surface area contributed by atoms with Gasteiger partial charge in [0, 0.05) is 30.0 Å². The summed E-state index contributed by atoms with van der Waals surface area (Å²) in [6, 6.07) is 10.7. The smallest absolute Gasteiger partial charge is 0.139 e. The van der Waals surface area contributed by atoms with E-state index in [0.717, 1.165) is 40.6 Å². The van der Waals surface area contributed by atoms with Crippen molar-refractivity contribution in [2.45, 2.75) is 33.2 Å². The lowest BCUT2D eigenvalue weighted by molar-refractivity contribution is 0.568. The van der Waals surface area contributed by atoms with Crippen LogP contribution in [0.25, 0.3) is 21.3 Å². The number of thiophene rings is 1. The summed E-state index contributed by atoms with van der Waals surface area (Å²) in [7, 11) is 0. The van der Waals surface area contributed by atoms with Crippen LogP contribution >= 0.6 is 11.3 Å². The number of aryl methyl sites for hydroxylation is 1. The minimum absolute atomic E-state index is 0.351. The second-order valence-corrected chi connectivity index (χ2v) is 7.60. The van der Waals surface area contributed by atoms with Crippen LogP contribution in [-0.2, 0) is 6.42 Å². The van der Waals surface area contributed by atoms with Gasteiger partial charge in [-0.25, -0.2) is 9.97 Å². The van der Waals surface area contributed by atoms with Gasteiger partial charge in [0.15, 0.2) is 0 Å². The Balaban J connectivity index is 1.63. The van der Waals surface area contributed by atoms with Crippen LogP contribution in [-0.4, -0.2) is 31.3 Å². The molecule has 6 nitrogen and oxygen atoms in total.